The maximum absolute atomic E-state index is 11.5. The Bertz CT molecular complexity index is 711. The highest BCUT2D eigenvalue weighted by molar-refractivity contribution is 7.99. The molecule has 10 nitrogen and oxygen atoms in total. The van der Waals surface area contributed by atoms with Crippen molar-refractivity contribution in [2.75, 3.05) is 5.75 Å². The van der Waals surface area contributed by atoms with Crippen molar-refractivity contribution in [1.82, 2.24) is 20.1 Å². The highest BCUT2D eigenvalue weighted by Crippen LogP contribution is 2.24. The van der Waals surface area contributed by atoms with Gasteiger partial charge in [0.05, 0.1) is 12.0 Å². The van der Waals surface area contributed by atoms with Crippen LogP contribution in [0.5, 0.6) is 0 Å². The minimum absolute atomic E-state index is 0.0762. The molecule has 0 fully saturated rings. The molecule has 0 unspecified atom stereocenters. The molecule has 2 heterocycles. The fraction of sp³-hybridized carbons (Fsp3) is 0.250. The third kappa shape index (κ3) is 4.57. The zero-order chi connectivity index (χ0) is 16.8. The number of rotatable bonds is 7. The normalized spacial score (nSPS) is 10.4. The van der Waals surface area contributed by atoms with E-state index in [-0.39, 0.29) is 18.7 Å². The van der Waals surface area contributed by atoms with Crippen LogP contribution in [-0.4, -0.2) is 38.4 Å². The second-order valence-electron chi connectivity index (χ2n) is 4.35. The molecule has 0 spiro atoms. The summed E-state index contributed by atoms with van der Waals surface area (Å²) in [4.78, 5) is 33.1. The molecule has 122 valence electrons. The molecule has 0 aromatic carbocycles. The molecular weight excluding hydrogens is 324 g/mol. The van der Waals surface area contributed by atoms with Crippen LogP contribution in [0.2, 0.25) is 0 Å². The third-order valence-electron chi connectivity index (χ3n) is 2.64. The average Bonchev–Trinajstić information content (AvgIpc) is 3.11. The van der Waals surface area contributed by atoms with Gasteiger partial charge in [0.2, 0.25) is 11.8 Å². The molecule has 0 atom stereocenters. The van der Waals surface area contributed by atoms with E-state index in [2.05, 4.69) is 10.2 Å². The molecule has 5 N–H and O–H groups in total. The summed E-state index contributed by atoms with van der Waals surface area (Å²) < 4.78 is 6.89. The highest BCUT2D eigenvalue weighted by atomic mass is 32.2. The van der Waals surface area contributed by atoms with Crippen LogP contribution in [-0.2, 0) is 16.1 Å². The zero-order valence-corrected chi connectivity index (χ0v) is 12.7. The monoisotopic (exact) mass is 338 g/mol. The Labute approximate surface area is 134 Å². The molecule has 0 aliphatic rings. The van der Waals surface area contributed by atoms with Gasteiger partial charge in [-0.15, -0.1) is 10.2 Å². The topological polar surface area (TPSA) is 159 Å². The number of furan rings is 1. The number of thioether (sulfide) groups is 1. The van der Waals surface area contributed by atoms with Crippen LogP contribution >= 0.6 is 11.8 Å². The number of nitrogens with two attached hydrogens (primary N) is 2. The highest BCUT2D eigenvalue weighted by Gasteiger charge is 2.18. The second-order valence-corrected chi connectivity index (χ2v) is 5.30. The number of hydrogen-bond donors (Lipinski definition) is 3. The van der Waals surface area contributed by atoms with Crippen molar-refractivity contribution in [1.29, 1.82) is 0 Å². The summed E-state index contributed by atoms with van der Waals surface area (Å²) in [5, 5.41) is 10.3. The fourth-order valence-electron chi connectivity index (χ4n) is 1.71. The van der Waals surface area contributed by atoms with Crippen molar-refractivity contribution >= 4 is 29.6 Å². The number of imide groups is 1. The van der Waals surface area contributed by atoms with Gasteiger partial charge in [-0.05, 0) is 12.1 Å². The standard InChI is InChI=1S/C12H14N6O4S/c13-8(19)3-4-18-10(7-2-1-5-22-7)16-17-12(18)23-6-9(20)15-11(14)21/h1-2,5H,3-4,6H2,(H2,13,19)(H3,14,15,20,21). The zero-order valence-electron chi connectivity index (χ0n) is 11.9. The van der Waals surface area contributed by atoms with E-state index in [0.717, 1.165) is 11.8 Å². The first kappa shape index (κ1) is 16.5. The van der Waals surface area contributed by atoms with Crippen molar-refractivity contribution in [2.45, 2.75) is 18.1 Å². The van der Waals surface area contributed by atoms with Gasteiger partial charge in [-0.25, -0.2) is 4.79 Å². The van der Waals surface area contributed by atoms with Gasteiger partial charge in [-0.3, -0.25) is 19.5 Å². The number of nitrogens with zero attached hydrogens (tertiary/aromatic N) is 3. The van der Waals surface area contributed by atoms with Crippen LogP contribution in [0.4, 0.5) is 4.79 Å². The van der Waals surface area contributed by atoms with Gasteiger partial charge in [-0.2, -0.15) is 0 Å². The second kappa shape index (κ2) is 7.45. The molecular formula is C12H14N6O4S. The third-order valence-corrected chi connectivity index (χ3v) is 3.60. The number of primary amides is 2. The van der Waals surface area contributed by atoms with Crippen LogP contribution < -0.4 is 16.8 Å². The Hall–Kier alpha value is -2.82. The number of aromatic nitrogens is 3. The minimum Gasteiger partial charge on any atom is -0.461 e. The van der Waals surface area contributed by atoms with E-state index in [1.807, 2.05) is 5.32 Å². The largest absolute Gasteiger partial charge is 0.461 e. The average molecular weight is 338 g/mol. The molecule has 0 bridgehead atoms. The number of hydrogen-bond acceptors (Lipinski definition) is 7. The van der Waals surface area contributed by atoms with E-state index < -0.39 is 17.8 Å². The van der Waals surface area contributed by atoms with Crippen LogP contribution in [0.3, 0.4) is 0 Å². The quantitative estimate of drug-likeness (QED) is 0.584. The minimum atomic E-state index is -0.929. The number of amides is 4. The maximum atomic E-state index is 11.5. The molecule has 11 heteroatoms. The molecule has 0 radical (unpaired) electrons. The van der Waals surface area contributed by atoms with Crippen LogP contribution in [0.1, 0.15) is 6.42 Å². The molecule has 2 rings (SSSR count). The Balaban J connectivity index is 2.16. The summed E-state index contributed by atoms with van der Waals surface area (Å²) in [6.07, 6.45) is 1.56. The van der Waals surface area contributed by atoms with Gasteiger partial charge in [-0.1, -0.05) is 11.8 Å². The predicted octanol–water partition coefficient (Wildman–Crippen LogP) is -0.300. The summed E-state index contributed by atoms with van der Waals surface area (Å²) in [5.74, 6) is -0.252. The summed E-state index contributed by atoms with van der Waals surface area (Å²) in [6.45, 7) is 0.234. The molecule has 0 aliphatic carbocycles. The molecule has 4 amide bonds. The number of urea groups is 1. The Morgan fingerprint density at radius 3 is 2.70 bits per heavy atom. The Kier molecular flexibility index (Phi) is 5.36. The SMILES string of the molecule is NC(=O)CCn1c(SCC(=O)NC(N)=O)nnc1-c1ccco1. The first-order valence-electron chi connectivity index (χ1n) is 6.45. The van der Waals surface area contributed by atoms with Gasteiger partial charge in [0.25, 0.3) is 0 Å². The Morgan fingerprint density at radius 1 is 1.30 bits per heavy atom. The van der Waals surface area contributed by atoms with Crippen molar-refractivity contribution in [2.24, 2.45) is 11.5 Å². The first-order chi connectivity index (χ1) is 11.0. The lowest BCUT2D eigenvalue weighted by atomic mass is 10.3. The predicted molar refractivity (Wildman–Crippen MR) is 80.0 cm³/mol. The van der Waals surface area contributed by atoms with E-state index >= 15 is 0 Å². The fourth-order valence-corrected chi connectivity index (χ4v) is 2.48. The van der Waals surface area contributed by atoms with Crippen LogP contribution in [0.15, 0.2) is 28.0 Å². The Morgan fingerprint density at radius 2 is 2.09 bits per heavy atom. The van der Waals surface area contributed by atoms with Crippen molar-refractivity contribution in [3.05, 3.63) is 18.4 Å². The lowest BCUT2D eigenvalue weighted by molar-refractivity contribution is -0.118. The number of carbonyl (C=O) groups excluding carboxylic acids is 3. The molecule has 2 aromatic rings. The van der Waals surface area contributed by atoms with E-state index in [4.69, 9.17) is 15.9 Å². The summed E-state index contributed by atoms with van der Waals surface area (Å²) in [5.41, 5.74) is 10.0. The van der Waals surface area contributed by atoms with Crippen LogP contribution in [0.25, 0.3) is 11.6 Å². The van der Waals surface area contributed by atoms with Crippen molar-refractivity contribution in [3.63, 3.8) is 0 Å². The smallest absolute Gasteiger partial charge is 0.318 e. The maximum Gasteiger partial charge on any atom is 0.318 e. The van der Waals surface area contributed by atoms with Crippen molar-refractivity contribution in [3.8, 4) is 11.6 Å². The van der Waals surface area contributed by atoms with Gasteiger partial charge < -0.3 is 15.9 Å². The molecule has 0 saturated heterocycles. The number of nitrogens with one attached hydrogen (secondary N) is 1. The molecule has 2 aromatic heterocycles. The van der Waals surface area contributed by atoms with Crippen molar-refractivity contribution < 1.29 is 18.8 Å². The summed E-state index contributed by atoms with van der Waals surface area (Å²) in [6, 6.07) is 2.45. The van der Waals surface area contributed by atoms with Crippen LogP contribution in [0, 0.1) is 0 Å². The summed E-state index contributed by atoms with van der Waals surface area (Å²) in [7, 11) is 0. The van der Waals surface area contributed by atoms with Gasteiger partial charge in [0, 0.05) is 13.0 Å². The van der Waals surface area contributed by atoms with E-state index in [0.29, 0.717) is 16.7 Å². The lowest BCUT2D eigenvalue weighted by Crippen LogP contribution is -2.36. The molecule has 0 aliphatic heterocycles. The van der Waals surface area contributed by atoms with E-state index in [1.54, 1.807) is 16.7 Å². The van der Waals surface area contributed by atoms with Gasteiger partial charge >= 0.3 is 6.03 Å². The van der Waals surface area contributed by atoms with Gasteiger partial charge in [0.1, 0.15) is 0 Å². The van der Waals surface area contributed by atoms with E-state index in [1.165, 1.54) is 6.26 Å². The first-order valence-corrected chi connectivity index (χ1v) is 7.43. The molecule has 23 heavy (non-hydrogen) atoms. The summed E-state index contributed by atoms with van der Waals surface area (Å²) >= 11 is 1.04. The lowest BCUT2D eigenvalue weighted by Gasteiger charge is -2.07. The van der Waals surface area contributed by atoms with Gasteiger partial charge in [0.15, 0.2) is 16.7 Å². The van der Waals surface area contributed by atoms with E-state index in [9.17, 15) is 14.4 Å². The number of carbonyl (C=O) groups is 3. The molecule has 0 saturated carbocycles.